The first-order chi connectivity index (χ1) is 17.1. The summed E-state index contributed by atoms with van der Waals surface area (Å²) in [6.45, 7) is 5.41. The number of fused-ring (bicyclic) bond motifs is 1. The van der Waals surface area contributed by atoms with Gasteiger partial charge in [0.15, 0.2) is 0 Å². The van der Waals surface area contributed by atoms with Gasteiger partial charge in [0.2, 0.25) is 0 Å². The SMILES string of the molecule is O=C1NC(=O)c2ccc(-c3ccsc3)cc2/C1=C/Nc1ccc(N2CCN(CC3CC3)CC2)nc1. The Kier molecular flexibility index (Phi) is 5.83. The van der Waals surface area contributed by atoms with Gasteiger partial charge in [-0.25, -0.2) is 4.98 Å². The molecule has 4 heterocycles. The zero-order chi connectivity index (χ0) is 23.8. The van der Waals surface area contributed by atoms with Gasteiger partial charge < -0.3 is 10.2 Å². The summed E-state index contributed by atoms with van der Waals surface area (Å²) in [5, 5.41) is 9.70. The highest BCUT2D eigenvalue weighted by Gasteiger charge is 2.28. The van der Waals surface area contributed by atoms with E-state index in [0.717, 1.165) is 54.7 Å². The van der Waals surface area contributed by atoms with E-state index in [2.05, 4.69) is 25.4 Å². The van der Waals surface area contributed by atoms with E-state index in [1.165, 1.54) is 19.4 Å². The minimum atomic E-state index is -0.411. The fourth-order valence-corrected chi connectivity index (χ4v) is 5.38. The Labute approximate surface area is 208 Å². The van der Waals surface area contributed by atoms with Crippen molar-refractivity contribution in [3.63, 3.8) is 0 Å². The number of nitrogens with one attached hydrogen (secondary N) is 2. The molecule has 0 radical (unpaired) electrons. The summed E-state index contributed by atoms with van der Waals surface area (Å²) < 4.78 is 0. The molecule has 7 nitrogen and oxygen atoms in total. The van der Waals surface area contributed by atoms with Crippen molar-refractivity contribution in [2.75, 3.05) is 42.9 Å². The molecule has 0 bridgehead atoms. The molecule has 1 saturated heterocycles. The zero-order valence-electron chi connectivity index (χ0n) is 19.4. The molecule has 3 aliphatic rings. The van der Waals surface area contributed by atoms with Crippen LogP contribution in [0, 0.1) is 5.92 Å². The van der Waals surface area contributed by atoms with Crippen LogP contribution >= 0.6 is 11.3 Å². The topological polar surface area (TPSA) is 77.6 Å². The van der Waals surface area contributed by atoms with E-state index in [9.17, 15) is 9.59 Å². The summed E-state index contributed by atoms with van der Waals surface area (Å²) in [5.41, 5.74) is 4.37. The number of anilines is 2. The van der Waals surface area contributed by atoms with Gasteiger partial charge in [-0.05, 0) is 71.0 Å². The largest absolute Gasteiger partial charge is 0.360 e. The molecule has 1 aliphatic carbocycles. The second-order valence-electron chi connectivity index (χ2n) is 9.39. The Bertz CT molecular complexity index is 1270. The molecular weight excluding hydrogens is 458 g/mol. The van der Waals surface area contributed by atoms with Gasteiger partial charge in [0, 0.05) is 50.1 Å². The first kappa shape index (κ1) is 22.0. The van der Waals surface area contributed by atoms with E-state index in [1.807, 2.05) is 41.1 Å². The van der Waals surface area contributed by atoms with Crippen LogP contribution in [0.1, 0.15) is 28.8 Å². The van der Waals surface area contributed by atoms with Crippen LogP contribution in [0.3, 0.4) is 0 Å². The Morgan fingerprint density at radius 1 is 1.00 bits per heavy atom. The molecule has 0 atom stereocenters. The fourth-order valence-electron chi connectivity index (χ4n) is 4.72. The summed E-state index contributed by atoms with van der Waals surface area (Å²) in [6, 6.07) is 11.6. The second-order valence-corrected chi connectivity index (χ2v) is 10.2. The molecule has 2 fully saturated rings. The van der Waals surface area contributed by atoms with Crippen LogP contribution in [-0.4, -0.2) is 54.4 Å². The lowest BCUT2D eigenvalue weighted by Gasteiger charge is -2.35. The van der Waals surface area contributed by atoms with E-state index in [4.69, 9.17) is 0 Å². The van der Waals surface area contributed by atoms with Gasteiger partial charge in [0.1, 0.15) is 5.82 Å². The lowest BCUT2D eigenvalue weighted by atomic mass is 9.92. The molecule has 8 heteroatoms. The van der Waals surface area contributed by atoms with Crippen LogP contribution in [0.15, 0.2) is 59.6 Å². The Morgan fingerprint density at radius 2 is 1.86 bits per heavy atom. The normalized spacial score (nSPS) is 19.5. The van der Waals surface area contributed by atoms with Crippen LogP contribution in [0.2, 0.25) is 0 Å². The van der Waals surface area contributed by atoms with Gasteiger partial charge in [-0.2, -0.15) is 11.3 Å². The highest BCUT2D eigenvalue weighted by Crippen LogP contribution is 2.31. The van der Waals surface area contributed by atoms with Crippen molar-refractivity contribution in [2.24, 2.45) is 5.92 Å². The van der Waals surface area contributed by atoms with Crippen molar-refractivity contribution in [1.82, 2.24) is 15.2 Å². The number of aromatic nitrogens is 1. The number of pyridine rings is 1. The summed E-state index contributed by atoms with van der Waals surface area (Å²) in [4.78, 5) is 34.6. The average molecular weight is 486 g/mol. The predicted octanol–water partition coefficient (Wildman–Crippen LogP) is 4.07. The maximum atomic E-state index is 12.7. The number of carbonyl (C=O) groups is 2. The van der Waals surface area contributed by atoms with Crippen molar-refractivity contribution in [2.45, 2.75) is 12.8 Å². The van der Waals surface area contributed by atoms with Gasteiger partial charge in [-0.1, -0.05) is 6.07 Å². The van der Waals surface area contributed by atoms with Crippen molar-refractivity contribution in [1.29, 1.82) is 0 Å². The summed E-state index contributed by atoms with van der Waals surface area (Å²) in [6.07, 6.45) is 6.24. The van der Waals surface area contributed by atoms with E-state index >= 15 is 0 Å². The molecule has 3 aromatic rings. The van der Waals surface area contributed by atoms with E-state index in [1.54, 1.807) is 29.8 Å². The molecule has 0 spiro atoms. The summed E-state index contributed by atoms with van der Waals surface area (Å²) in [7, 11) is 0. The van der Waals surface area contributed by atoms with Crippen LogP contribution < -0.4 is 15.5 Å². The molecule has 178 valence electrons. The molecular formula is C27H27N5O2S. The number of benzene rings is 1. The Hall–Kier alpha value is -3.49. The molecule has 2 amide bonds. The Balaban J connectivity index is 1.17. The van der Waals surface area contributed by atoms with Crippen molar-refractivity contribution >= 4 is 40.2 Å². The van der Waals surface area contributed by atoms with Gasteiger partial charge in [-0.3, -0.25) is 19.8 Å². The highest BCUT2D eigenvalue weighted by molar-refractivity contribution is 7.08. The first-order valence-electron chi connectivity index (χ1n) is 12.1. The summed E-state index contributed by atoms with van der Waals surface area (Å²) in [5.74, 6) is 1.12. The number of amides is 2. The highest BCUT2D eigenvalue weighted by atomic mass is 32.1. The third-order valence-corrected chi connectivity index (χ3v) is 7.60. The van der Waals surface area contributed by atoms with E-state index < -0.39 is 5.91 Å². The van der Waals surface area contributed by atoms with Crippen LogP contribution in [0.4, 0.5) is 11.5 Å². The molecule has 2 N–H and O–H groups in total. The number of imide groups is 1. The number of rotatable bonds is 6. The summed E-state index contributed by atoms with van der Waals surface area (Å²) >= 11 is 1.61. The molecule has 1 aromatic carbocycles. The van der Waals surface area contributed by atoms with Gasteiger partial charge >= 0.3 is 0 Å². The van der Waals surface area contributed by atoms with Crippen molar-refractivity contribution < 1.29 is 9.59 Å². The molecule has 2 aliphatic heterocycles. The quantitative estimate of drug-likeness (QED) is 0.405. The van der Waals surface area contributed by atoms with E-state index in [0.29, 0.717) is 16.7 Å². The van der Waals surface area contributed by atoms with Gasteiger partial charge in [0.25, 0.3) is 11.8 Å². The number of thiophene rings is 1. The minimum Gasteiger partial charge on any atom is -0.360 e. The second kappa shape index (κ2) is 9.28. The van der Waals surface area contributed by atoms with E-state index in [-0.39, 0.29) is 5.91 Å². The lowest BCUT2D eigenvalue weighted by Crippen LogP contribution is -2.47. The predicted molar refractivity (Wildman–Crippen MR) is 139 cm³/mol. The fraction of sp³-hybridized carbons (Fsp3) is 0.296. The first-order valence-corrected chi connectivity index (χ1v) is 13.0. The van der Waals surface area contributed by atoms with Gasteiger partial charge in [0.05, 0.1) is 17.5 Å². The number of hydrogen-bond acceptors (Lipinski definition) is 7. The molecule has 1 saturated carbocycles. The molecule has 2 aromatic heterocycles. The lowest BCUT2D eigenvalue weighted by molar-refractivity contribution is -0.114. The standard InChI is InChI=1S/C27H27N5O2S/c33-26-22-5-3-19(20-7-12-35-17-20)13-23(22)24(27(34)30-26)15-28-21-4-6-25(29-14-21)32-10-8-31(9-11-32)16-18-1-2-18/h3-7,12-15,17-18,28H,1-2,8-11,16H2,(H,30,33,34)/b24-15-. The zero-order valence-corrected chi connectivity index (χ0v) is 20.2. The maximum absolute atomic E-state index is 12.7. The molecule has 0 unspecified atom stereocenters. The van der Waals surface area contributed by atoms with Crippen LogP contribution in [0.25, 0.3) is 16.7 Å². The minimum absolute atomic E-state index is 0.373. The average Bonchev–Trinajstić information content (AvgIpc) is 3.52. The van der Waals surface area contributed by atoms with Crippen molar-refractivity contribution in [3.8, 4) is 11.1 Å². The Morgan fingerprint density at radius 3 is 2.57 bits per heavy atom. The maximum Gasteiger partial charge on any atom is 0.260 e. The smallest absolute Gasteiger partial charge is 0.260 e. The number of hydrogen-bond donors (Lipinski definition) is 2. The van der Waals surface area contributed by atoms with Crippen LogP contribution in [-0.2, 0) is 4.79 Å². The van der Waals surface area contributed by atoms with Gasteiger partial charge in [-0.15, -0.1) is 0 Å². The molecule has 6 rings (SSSR count). The monoisotopic (exact) mass is 485 g/mol. The number of carbonyl (C=O) groups excluding carboxylic acids is 2. The third kappa shape index (κ3) is 4.72. The number of piperazine rings is 1. The molecule has 35 heavy (non-hydrogen) atoms. The third-order valence-electron chi connectivity index (χ3n) is 6.92. The van der Waals surface area contributed by atoms with Crippen LogP contribution in [0.5, 0.6) is 0 Å². The van der Waals surface area contributed by atoms with Crippen molar-refractivity contribution in [3.05, 3.63) is 70.7 Å². The number of nitrogens with zero attached hydrogens (tertiary/aromatic N) is 3.